The van der Waals surface area contributed by atoms with Gasteiger partial charge in [-0.2, -0.15) is 5.26 Å². The van der Waals surface area contributed by atoms with Gasteiger partial charge in [0, 0.05) is 17.5 Å². The second-order valence-electron chi connectivity index (χ2n) is 6.37. The molecule has 0 fully saturated rings. The molecule has 0 unspecified atom stereocenters. The second-order valence-corrected chi connectivity index (χ2v) is 6.37. The predicted molar refractivity (Wildman–Crippen MR) is 104 cm³/mol. The van der Waals surface area contributed by atoms with Crippen LogP contribution in [0.15, 0.2) is 71.1 Å². The molecule has 0 bridgehead atoms. The summed E-state index contributed by atoms with van der Waals surface area (Å²) in [5.41, 5.74) is 4.09. The van der Waals surface area contributed by atoms with Crippen LogP contribution in [0.4, 0.5) is 4.39 Å². The van der Waals surface area contributed by atoms with Gasteiger partial charge in [-0.25, -0.2) is 9.37 Å². The van der Waals surface area contributed by atoms with E-state index in [2.05, 4.69) is 11.1 Å². The molecule has 4 rings (SSSR count). The number of nitrogens with zero attached hydrogens (tertiary/aromatic N) is 2. The minimum atomic E-state index is -0.257. The molecule has 0 aliphatic heterocycles. The molecule has 0 radical (unpaired) electrons. The first-order valence-corrected chi connectivity index (χ1v) is 8.96. The third-order valence-electron chi connectivity index (χ3n) is 4.44. The number of benzene rings is 3. The molecule has 28 heavy (non-hydrogen) atoms. The lowest BCUT2D eigenvalue weighted by Gasteiger charge is -2.11. The lowest BCUT2D eigenvalue weighted by molar-refractivity contribution is 0.319. The second kappa shape index (κ2) is 7.93. The molecule has 0 aliphatic carbocycles. The maximum Gasteiger partial charge on any atom is 0.227 e. The highest BCUT2D eigenvalue weighted by Gasteiger charge is 2.12. The van der Waals surface area contributed by atoms with E-state index in [1.54, 1.807) is 12.1 Å². The van der Waals surface area contributed by atoms with Gasteiger partial charge in [-0.05, 0) is 42.0 Å². The number of hydrogen-bond donors (Lipinski definition) is 0. The fourth-order valence-corrected chi connectivity index (χ4v) is 2.98. The monoisotopic (exact) mass is 372 g/mol. The maximum atomic E-state index is 13.0. The van der Waals surface area contributed by atoms with Crippen LogP contribution in [-0.4, -0.2) is 11.6 Å². The van der Waals surface area contributed by atoms with Crippen LogP contribution >= 0.6 is 0 Å². The van der Waals surface area contributed by atoms with Crippen LogP contribution in [-0.2, 0) is 12.8 Å². The van der Waals surface area contributed by atoms with Crippen LogP contribution in [0.2, 0.25) is 0 Å². The van der Waals surface area contributed by atoms with Crippen molar-refractivity contribution in [1.82, 2.24) is 4.98 Å². The van der Waals surface area contributed by atoms with Gasteiger partial charge < -0.3 is 9.15 Å². The SMILES string of the molecule is N#CCc1ccc(-c2nc3ccccc3o2)cc1OCCc1ccc(F)cc1. The van der Waals surface area contributed by atoms with Gasteiger partial charge in [0.15, 0.2) is 5.58 Å². The van der Waals surface area contributed by atoms with E-state index in [0.29, 0.717) is 24.7 Å². The van der Waals surface area contributed by atoms with Gasteiger partial charge in [-0.3, -0.25) is 0 Å². The van der Waals surface area contributed by atoms with Crippen molar-refractivity contribution in [2.24, 2.45) is 0 Å². The molecular weight excluding hydrogens is 355 g/mol. The minimum absolute atomic E-state index is 0.250. The van der Waals surface area contributed by atoms with Crippen molar-refractivity contribution < 1.29 is 13.5 Å². The zero-order valence-electron chi connectivity index (χ0n) is 15.1. The number of fused-ring (bicyclic) bond motifs is 1. The van der Waals surface area contributed by atoms with Gasteiger partial charge in [-0.15, -0.1) is 0 Å². The number of oxazole rings is 1. The number of hydrogen-bond acceptors (Lipinski definition) is 4. The van der Waals surface area contributed by atoms with Crippen LogP contribution < -0.4 is 4.74 Å². The van der Waals surface area contributed by atoms with Gasteiger partial charge in [-0.1, -0.05) is 30.3 Å². The van der Waals surface area contributed by atoms with E-state index in [1.165, 1.54) is 12.1 Å². The van der Waals surface area contributed by atoms with Gasteiger partial charge >= 0.3 is 0 Å². The summed E-state index contributed by atoms with van der Waals surface area (Å²) in [6, 6.07) is 21.7. The lowest BCUT2D eigenvalue weighted by atomic mass is 10.1. The molecule has 0 N–H and O–H groups in total. The molecule has 138 valence electrons. The first kappa shape index (κ1) is 17.7. The molecule has 0 spiro atoms. The third-order valence-corrected chi connectivity index (χ3v) is 4.44. The average molecular weight is 372 g/mol. The Morgan fingerprint density at radius 3 is 2.64 bits per heavy atom. The molecule has 4 nitrogen and oxygen atoms in total. The van der Waals surface area contributed by atoms with Gasteiger partial charge in [0.1, 0.15) is 17.1 Å². The molecule has 0 atom stereocenters. The van der Waals surface area contributed by atoms with E-state index in [-0.39, 0.29) is 12.2 Å². The first-order chi connectivity index (χ1) is 13.7. The molecular formula is C23H17FN2O2. The van der Waals surface area contributed by atoms with Crippen molar-refractivity contribution >= 4 is 11.1 Å². The third kappa shape index (κ3) is 3.86. The Balaban J connectivity index is 1.56. The smallest absolute Gasteiger partial charge is 0.227 e. The van der Waals surface area contributed by atoms with Crippen molar-refractivity contribution in [3.8, 4) is 23.3 Å². The lowest BCUT2D eigenvalue weighted by Crippen LogP contribution is -2.03. The average Bonchev–Trinajstić information content (AvgIpc) is 3.15. The molecule has 0 amide bonds. The Kier molecular flexibility index (Phi) is 5.03. The van der Waals surface area contributed by atoms with E-state index in [9.17, 15) is 4.39 Å². The van der Waals surface area contributed by atoms with Crippen molar-refractivity contribution in [2.45, 2.75) is 12.8 Å². The van der Waals surface area contributed by atoms with Crippen molar-refractivity contribution in [2.75, 3.05) is 6.61 Å². The molecule has 1 heterocycles. The van der Waals surface area contributed by atoms with Crippen LogP contribution in [0.3, 0.4) is 0 Å². The molecule has 0 saturated heterocycles. The summed E-state index contributed by atoms with van der Waals surface area (Å²) < 4.78 is 24.8. The maximum absolute atomic E-state index is 13.0. The quantitative estimate of drug-likeness (QED) is 0.459. The molecule has 1 aromatic heterocycles. The molecule has 0 aliphatic rings. The number of ether oxygens (including phenoxy) is 1. The van der Waals surface area contributed by atoms with E-state index >= 15 is 0 Å². The molecule has 0 saturated carbocycles. The molecule has 5 heteroatoms. The number of rotatable bonds is 6. The summed E-state index contributed by atoms with van der Waals surface area (Å²) in [5, 5.41) is 9.08. The molecule has 4 aromatic rings. The normalized spacial score (nSPS) is 10.7. The topological polar surface area (TPSA) is 59.0 Å². The highest BCUT2D eigenvalue weighted by Crippen LogP contribution is 2.29. The molecule has 3 aromatic carbocycles. The highest BCUT2D eigenvalue weighted by molar-refractivity contribution is 5.76. The van der Waals surface area contributed by atoms with E-state index in [1.807, 2.05) is 42.5 Å². The van der Waals surface area contributed by atoms with E-state index in [4.69, 9.17) is 14.4 Å². The Morgan fingerprint density at radius 1 is 1.04 bits per heavy atom. The standard InChI is InChI=1S/C23H17FN2O2/c24-19-9-5-16(6-10-19)12-14-27-22-15-18(8-7-17(22)11-13-25)23-26-20-3-1-2-4-21(20)28-23/h1-10,15H,11-12,14H2. The number of halogens is 1. The summed E-state index contributed by atoms with van der Waals surface area (Å²) in [7, 11) is 0. The number of aromatic nitrogens is 1. The summed E-state index contributed by atoms with van der Waals surface area (Å²) in [5.74, 6) is 0.878. The van der Waals surface area contributed by atoms with E-state index < -0.39 is 0 Å². The number of para-hydroxylation sites is 2. The van der Waals surface area contributed by atoms with Crippen LogP contribution in [0.25, 0.3) is 22.6 Å². The number of nitriles is 1. The van der Waals surface area contributed by atoms with E-state index in [0.717, 1.165) is 27.8 Å². The summed E-state index contributed by atoms with van der Waals surface area (Å²) in [6.07, 6.45) is 0.888. The zero-order chi connectivity index (χ0) is 19.3. The minimum Gasteiger partial charge on any atom is -0.493 e. The van der Waals surface area contributed by atoms with Crippen LogP contribution in [0.5, 0.6) is 5.75 Å². The fraction of sp³-hybridized carbons (Fsp3) is 0.130. The van der Waals surface area contributed by atoms with Gasteiger partial charge in [0.25, 0.3) is 0 Å². The van der Waals surface area contributed by atoms with Crippen LogP contribution in [0, 0.1) is 17.1 Å². The highest BCUT2D eigenvalue weighted by atomic mass is 19.1. The summed E-state index contributed by atoms with van der Waals surface area (Å²) >= 11 is 0. The first-order valence-electron chi connectivity index (χ1n) is 8.96. The summed E-state index contributed by atoms with van der Waals surface area (Å²) in [4.78, 5) is 4.51. The van der Waals surface area contributed by atoms with Crippen LogP contribution in [0.1, 0.15) is 11.1 Å². The fourth-order valence-electron chi connectivity index (χ4n) is 2.98. The van der Waals surface area contributed by atoms with Gasteiger partial charge in [0.2, 0.25) is 5.89 Å². The zero-order valence-corrected chi connectivity index (χ0v) is 15.1. The summed E-state index contributed by atoms with van der Waals surface area (Å²) in [6.45, 7) is 0.418. The van der Waals surface area contributed by atoms with Crippen molar-refractivity contribution in [1.29, 1.82) is 5.26 Å². The van der Waals surface area contributed by atoms with Crippen molar-refractivity contribution in [3.05, 3.63) is 83.7 Å². The Bertz CT molecular complexity index is 1110. The predicted octanol–water partition coefficient (Wildman–Crippen LogP) is 5.32. The van der Waals surface area contributed by atoms with Crippen molar-refractivity contribution in [3.63, 3.8) is 0 Å². The largest absolute Gasteiger partial charge is 0.493 e. The Labute approximate surface area is 161 Å². The Morgan fingerprint density at radius 2 is 1.86 bits per heavy atom. The Hall–Kier alpha value is -3.65. The van der Waals surface area contributed by atoms with Gasteiger partial charge in [0.05, 0.1) is 19.1 Å².